The summed E-state index contributed by atoms with van der Waals surface area (Å²) in [6.07, 6.45) is 1.09. The second-order valence-electron chi connectivity index (χ2n) is 5.36. The predicted octanol–water partition coefficient (Wildman–Crippen LogP) is 2.66. The molecule has 0 aliphatic heterocycles. The Bertz CT molecular complexity index is 1160. The number of hydrogen-bond donors (Lipinski definition) is 0. The molecule has 0 fully saturated rings. The molecular weight excluding hydrogens is 370 g/mol. The van der Waals surface area contributed by atoms with Crippen molar-refractivity contribution in [1.29, 1.82) is 0 Å². The lowest BCUT2D eigenvalue weighted by molar-refractivity contribution is 0.0990. The molecule has 0 aliphatic carbocycles. The van der Waals surface area contributed by atoms with E-state index >= 15 is 0 Å². The second-order valence-corrected chi connectivity index (χ2v) is 8.38. The number of aryl methyl sites for hydroxylation is 1. The van der Waals surface area contributed by atoms with Crippen molar-refractivity contribution in [3.05, 3.63) is 58.4 Å². The zero-order chi connectivity index (χ0) is 18.4. The Kier molecular flexibility index (Phi) is 4.29. The van der Waals surface area contributed by atoms with Crippen LogP contribution in [0.1, 0.15) is 10.4 Å². The van der Waals surface area contributed by atoms with Crippen LogP contribution in [0.4, 0.5) is 8.78 Å². The van der Waals surface area contributed by atoms with Gasteiger partial charge in [-0.3, -0.25) is 4.79 Å². The van der Waals surface area contributed by atoms with Gasteiger partial charge in [-0.1, -0.05) is 17.4 Å². The van der Waals surface area contributed by atoms with Gasteiger partial charge in [0.15, 0.2) is 14.6 Å². The summed E-state index contributed by atoms with van der Waals surface area (Å²) >= 11 is 1.06. The average Bonchev–Trinajstić information content (AvgIpc) is 2.82. The van der Waals surface area contributed by atoms with E-state index in [0.717, 1.165) is 35.8 Å². The van der Waals surface area contributed by atoms with Gasteiger partial charge in [-0.05, 0) is 30.3 Å². The van der Waals surface area contributed by atoms with Gasteiger partial charge in [-0.25, -0.2) is 17.2 Å². The Morgan fingerprint density at radius 2 is 1.80 bits per heavy atom. The molecule has 1 aromatic heterocycles. The molecule has 1 amide bonds. The highest BCUT2D eigenvalue weighted by atomic mass is 32.2. The minimum absolute atomic E-state index is 0.139. The van der Waals surface area contributed by atoms with Crippen molar-refractivity contribution in [1.82, 2.24) is 4.57 Å². The van der Waals surface area contributed by atoms with E-state index in [0.29, 0.717) is 10.2 Å². The van der Waals surface area contributed by atoms with E-state index in [-0.39, 0.29) is 9.70 Å². The van der Waals surface area contributed by atoms with Gasteiger partial charge in [0.05, 0.1) is 15.1 Å². The molecule has 0 saturated carbocycles. The number of benzene rings is 2. The molecule has 0 N–H and O–H groups in total. The van der Waals surface area contributed by atoms with Gasteiger partial charge in [0.25, 0.3) is 5.91 Å². The van der Waals surface area contributed by atoms with Crippen LogP contribution in [0.25, 0.3) is 10.2 Å². The molecule has 25 heavy (non-hydrogen) atoms. The topological polar surface area (TPSA) is 68.5 Å². The maximum atomic E-state index is 13.7. The molecule has 0 saturated heterocycles. The van der Waals surface area contributed by atoms with Crippen molar-refractivity contribution in [2.24, 2.45) is 12.0 Å². The van der Waals surface area contributed by atoms with Crippen LogP contribution < -0.4 is 4.80 Å². The number of rotatable bonds is 2. The molecule has 9 heteroatoms. The zero-order valence-electron chi connectivity index (χ0n) is 13.2. The largest absolute Gasteiger partial charge is 0.319 e. The number of thiazole rings is 1. The number of hydrogen-bond acceptors (Lipinski definition) is 4. The number of aromatic nitrogens is 1. The van der Waals surface area contributed by atoms with Crippen LogP contribution in [0.5, 0.6) is 0 Å². The molecule has 1 heterocycles. The summed E-state index contributed by atoms with van der Waals surface area (Å²) < 4.78 is 52.8. The number of halogens is 2. The quantitative estimate of drug-likeness (QED) is 0.684. The van der Waals surface area contributed by atoms with Crippen LogP contribution in [0.2, 0.25) is 0 Å². The fourth-order valence-corrected chi connectivity index (χ4v) is 4.07. The standard InChI is InChI=1S/C16H12F2N2O3S2/c1-20-12-7-6-9(25(2,22)23)8-13(12)24-16(20)19-15(21)14-10(17)4-3-5-11(14)18/h3-8H,1-2H3. The third kappa shape index (κ3) is 3.24. The first-order valence-corrected chi connectivity index (χ1v) is 9.72. The zero-order valence-corrected chi connectivity index (χ0v) is 14.8. The summed E-state index contributed by atoms with van der Waals surface area (Å²) in [5.41, 5.74) is -0.0743. The fraction of sp³-hybridized carbons (Fsp3) is 0.125. The molecule has 130 valence electrons. The van der Waals surface area contributed by atoms with Crippen molar-refractivity contribution in [2.45, 2.75) is 4.90 Å². The number of fused-ring (bicyclic) bond motifs is 1. The average molecular weight is 382 g/mol. The molecule has 0 atom stereocenters. The van der Waals surface area contributed by atoms with Gasteiger partial charge in [0.2, 0.25) is 0 Å². The summed E-state index contributed by atoms with van der Waals surface area (Å²) in [6, 6.07) is 7.64. The number of amides is 1. The van der Waals surface area contributed by atoms with Crippen LogP contribution >= 0.6 is 11.3 Å². The van der Waals surface area contributed by atoms with E-state index in [1.807, 2.05) is 0 Å². The van der Waals surface area contributed by atoms with Gasteiger partial charge >= 0.3 is 0 Å². The van der Waals surface area contributed by atoms with Crippen molar-refractivity contribution in [3.8, 4) is 0 Å². The summed E-state index contributed by atoms with van der Waals surface area (Å²) in [6.45, 7) is 0. The van der Waals surface area contributed by atoms with Crippen molar-refractivity contribution >= 4 is 37.3 Å². The number of sulfone groups is 1. The van der Waals surface area contributed by atoms with Crippen LogP contribution in [-0.2, 0) is 16.9 Å². The Morgan fingerprint density at radius 1 is 1.16 bits per heavy atom. The molecule has 3 rings (SSSR count). The lowest BCUT2D eigenvalue weighted by Crippen LogP contribution is -2.14. The molecule has 0 aliphatic rings. The molecule has 2 aromatic carbocycles. The van der Waals surface area contributed by atoms with Crippen LogP contribution in [0.3, 0.4) is 0 Å². The number of carbonyl (C=O) groups excluding carboxylic acids is 1. The highest BCUT2D eigenvalue weighted by Crippen LogP contribution is 2.21. The van der Waals surface area contributed by atoms with Crippen LogP contribution in [0, 0.1) is 11.6 Å². The summed E-state index contributed by atoms with van der Waals surface area (Å²) in [7, 11) is -1.75. The van der Waals surface area contributed by atoms with E-state index in [2.05, 4.69) is 4.99 Å². The first-order valence-electron chi connectivity index (χ1n) is 7.01. The molecule has 0 bridgehead atoms. The van der Waals surface area contributed by atoms with Crippen LogP contribution in [0.15, 0.2) is 46.3 Å². The van der Waals surface area contributed by atoms with Crippen molar-refractivity contribution < 1.29 is 22.0 Å². The predicted molar refractivity (Wildman–Crippen MR) is 90.2 cm³/mol. The van der Waals surface area contributed by atoms with E-state index in [4.69, 9.17) is 0 Å². The van der Waals surface area contributed by atoms with E-state index in [9.17, 15) is 22.0 Å². The third-order valence-electron chi connectivity index (χ3n) is 3.58. The molecule has 0 unspecified atom stereocenters. The van der Waals surface area contributed by atoms with Gasteiger partial charge < -0.3 is 4.57 Å². The van der Waals surface area contributed by atoms with Crippen LogP contribution in [-0.4, -0.2) is 25.1 Å². The summed E-state index contributed by atoms with van der Waals surface area (Å²) in [5.74, 6) is -3.02. The molecule has 3 aromatic rings. The molecule has 0 spiro atoms. The summed E-state index contributed by atoms with van der Waals surface area (Å²) in [4.78, 5) is 16.3. The monoisotopic (exact) mass is 382 g/mol. The van der Waals surface area contributed by atoms with Gasteiger partial charge in [-0.15, -0.1) is 0 Å². The van der Waals surface area contributed by atoms with E-state index < -0.39 is 32.9 Å². The lowest BCUT2D eigenvalue weighted by Gasteiger charge is -2.00. The Labute approximate surface area is 145 Å². The van der Waals surface area contributed by atoms with Gasteiger partial charge in [-0.2, -0.15) is 4.99 Å². The van der Waals surface area contributed by atoms with Gasteiger partial charge in [0.1, 0.15) is 17.2 Å². The van der Waals surface area contributed by atoms with Crippen molar-refractivity contribution in [3.63, 3.8) is 0 Å². The van der Waals surface area contributed by atoms with Gasteiger partial charge in [0, 0.05) is 13.3 Å². The Hall–Kier alpha value is -2.39. The maximum absolute atomic E-state index is 13.7. The normalized spacial score (nSPS) is 12.7. The van der Waals surface area contributed by atoms with Crippen molar-refractivity contribution in [2.75, 3.05) is 6.26 Å². The van der Waals surface area contributed by atoms with E-state index in [1.54, 1.807) is 17.7 Å². The minimum Gasteiger partial charge on any atom is -0.319 e. The van der Waals surface area contributed by atoms with E-state index in [1.165, 1.54) is 12.1 Å². The fourth-order valence-electron chi connectivity index (χ4n) is 2.30. The highest BCUT2D eigenvalue weighted by Gasteiger charge is 2.17. The molecular formula is C16H12F2N2O3S2. The Balaban J connectivity index is 2.17. The first kappa shape index (κ1) is 17.4. The second kappa shape index (κ2) is 6.16. The SMILES string of the molecule is Cn1c(=NC(=O)c2c(F)cccc2F)sc2cc(S(C)(=O)=O)ccc21. The molecule has 5 nitrogen and oxygen atoms in total. The highest BCUT2D eigenvalue weighted by molar-refractivity contribution is 7.90. The third-order valence-corrected chi connectivity index (χ3v) is 5.79. The number of carbonyl (C=O) groups is 1. The minimum atomic E-state index is -3.37. The number of nitrogens with zero attached hydrogens (tertiary/aromatic N) is 2. The molecule has 0 radical (unpaired) electrons. The Morgan fingerprint density at radius 3 is 2.40 bits per heavy atom. The first-order chi connectivity index (χ1) is 11.7. The lowest BCUT2D eigenvalue weighted by atomic mass is 10.2. The smallest absolute Gasteiger partial charge is 0.285 e. The maximum Gasteiger partial charge on any atom is 0.285 e. The summed E-state index contributed by atoms with van der Waals surface area (Å²) in [5, 5.41) is 0.